The molecule has 0 aliphatic heterocycles. The van der Waals surface area contributed by atoms with Crippen LogP contribution in [0.5, 0.6) is 0 Å². The third-order valence-electron chi connectivity index (χ3n) is 2.71. The zero-order valence-corrected chi connectivity index (χ0v) is 12.8. The van der Waals surface area contributed by atoms with Crippen molar-refractivity contribution in [2.75, 3.05) is 11.1 Å². The van der Waals surface area contributed by atoms with Gasteiger partial charge in [0.15, 0.2) is 0 Å². The Hall–Kier alpha value is -1.66. The molecule has 0 saturated carbocycles. The van der Waals surface area contributed by atoms with Gasteiger partial charge in [-0.2, -0.15) is 0 Å². The molecule has 0 aromatic heterocycles. The zero-order valence-electron chi connectivity index (χ0n) is 11.2. The first-order valence-corrected chi connectivity index (χ1v) is 7.75. The highest BCUT2D eigenvalue weighted by molar-refractivity contribution is 7.99. The number of thioether (sulfide) groups is 1. The monoisotopic (exact) mass is 345 g/mol. The molecule has 2 nitrogen and oxygen atoms in total. The van der Waals surface area contributed by atoms with E-state index in [4.69, 9.17) is 11.6 Å². The van der Waals surface area contributed by atoms with Crippen LogP contribution >= 0.6 is 23.4 Å². The molecule has 0 heterocycles. The van der Waals surface area contributed by atoms with Crippen LogP contribution in [-0.2, 0) is 10.5 Å². The number of hydrogen-bond acceptors (Lipinski definition) is 2. The second-order valence-corrected chi connectivity index (χ2v) is 5.82. The smallest absolute Gasteiger partial charge is 0.234 e. The van der Waals surface area contributed by atoms with Crippen molar-refractivity contribution >= 4 is 35.0 Å². The quantitative estimate of drug-likeness (QED) is 0.856. The van der Waals surface area contributed by atoms with Crippen LogP contribution in [0.15, 0.2) is 36.4 Å². The van der Waals surface area contributed by atoms with Crippen LogP contribution in [0.1, 0.15) is 5.56 Å². The third kappa shape index (κ3) is 4.68. The van der Waals surface area contributed by atoms with Crippen molar-refractivity contribution in [2.24, 2.45) is 0 Å². The van der Waals surface area contributed by atoms with Crippen LogP contribution in [0.25, 0.3) is 0 Å². The Balaban J connectivity index is 1.85. The number of carbonyl (C=O) groups excluding carboxylic acids is 1. The molecule has 1 N–H and O–H groups in total. The van der Waals surface area contributed by atoms with E-state index in [1.165, 1.54) is 17.8 Å². The van der Waals surface area contributed by atoms with Crippen molar-refractivity contribution in [3.05, 3.63) is 64.4 Å². The van der Waals surface area contributed by atoms with Crippen LogP contribution in [0, 0.1) is 17.5 Å². The van der Waals surface area contributed by atoms with Crippen molar-refractivity contribution in [3.63, 3.8) is 0 Å². The molecular formula is C15H11ClF3NOS. The van der Waals surface area contributed by atoms with Gasteiger partial charge < -0.3 is 5.32 Å². The van der Waals surface area contributed by atoms with Crippen molar-refractivity contribution < 1.29 is 18.0 Å². The lowest BCUT2D eigenvalue weighted by molar-refractivity contribution is -0.113. The Labute approximate surface area is 134 Å². The maximum Gasteiger partial charge on any atom is 0.234 e. The fourth-order valence-corrected chi connectivity index (χ4v) is 2.64. The molecule has 2 aromatic carbocycles. The van der Waals surface area contributed by atoms with Crippen molar-refractivity contribution in [1.29, 1.82) is 0 Å². The molecule has 116 valence electrons. The summed E-state index contributed by atoms with van der Waals surface area (Å²) in [5.74, 6) is -2.17. The first kappa shape index (κ1) is 16.7. The van der Waals surface area contributed by atoms with Gasteiger partial charge in [0.1, 0.15) is 17.5 Å². The number of halogens is 4. The van der Waals surface area contributed by atoms with E-state index in [-0.39, 0.29) is 17.2 Å². The van der Waals surface area contributed by atoms with Crippen molar-refractivity contribution in [3.8, 4) is 0 Å². The van der Waals surface area contributed by atoms with Gasteiger partial charge in [0.2, 0.25) is 5.91 Å². The zero-order chi connectivity index (χ0) is 16.1. The maximum atomic E-state index is 13.5. The van der Waals surface area contributed by atoms with Crippen LogP contribution in [0.4, 0.5) is 18.9 Å². The molecule has 1 amide bonds. The van der Waals surface area contributed by atoms with Gasteiger partial charge in [0.25, 0.3) is 0 Å². The lowest BCUT2D eigenvalue weighted by Crippen LogP contribution is -2.15. The lowest BCUT2D eigenvalue weighted by atomic mass is 10.2. The molecular weight excluding hydrogens is 335 g/mol. The minimum atomic E-state index is -0.845. The first-order valence-electron chi connectivity index (χ1n) is 6.22. The van der Waals surface area contributed by atoms with Crippen molar-refractivity contribution in [2.45, 2.75) is 5.75 Å². The molecule has 0 unspecified atom stereocenters. The number of anilines is 1. The van der Waals surface area contributed by atoms with E-state index in [2.05, 4.69) is 5.32 Å². The molecule has 0 aliphatic carbocycles. The van der Waals surface area contributed by atoms with Gasteiger partial charge in [-0.1, -0.05) is 17.7 Å². The highest BCUT2D eigenvalue weighted by Gasteiger charge is 2.09. The van der Waals surface area contributed by atoms with Crippen LogP contribution < -0.4 is 5.32 Å². The van der Waals surface area contributed by atoms with Crippen LogP contribution in [0.2, 0.25) is 5.02 Å². The van der Waals surface area contributed by atoms with E-state index in [0.717, 1.165) is 12.1 Å². The van der Waals surface area contributed by atoms with E-state index in [1.54, 1.807) is 12.1 Å². The summed E-state index contributed by atoms with van der Waals surface area (Å²) in [5, 5.41) is 2.63. The Kier molecular flexibility index (Phi) is 5.74. The highest BCUT2D eigenvalue weighted by Crippen LogP contribution is 2.20. The summed E-state index contributed by atoms with van der Waals surface area (Å²) in [6.45, 7) is 0. The number of carbonyl (C=O) groups is 1. The Bertz CT molecular complexity index is 696. The molecule has 22 heavy (non-hydrogen) atoms. The molecule has 0 spiro atoms. The van der Waals surface area contributed by atoms with E-state index in [0.29, 0.717) is 16.7 Å². The molecule has 0 aliphatic rings. The normalized spacial score (nSPS) is 10.5. The molecule has 0 atom stereocenters. The Morgan fingerprint density at radius 2 is 1.86 bits per heavy atom. The largest absolute Gasteiger partial charge is 0.323 e. The van der Waals surface area contributed by atoms with E-state index in [9.17, 15) is 18.0 Å². The Morgan fingerprint density at radius 3 is 2.55 bits per heavy atom. The van der Waals surface area contributed by atoms with Gasteiger partial charge in [0.05, 0.1) is 11.4 Å². The molecule has 0 fully saturated rings. The number of benzene rings is 2. The molecule has 2 aromatic rings. The van der Waals surface area contributed by atoms with Gasteiger partial charge in [-0.15, -0.1) is 11.8 Å². The van der Waals surface area contributed by atoms with Gasteiger partial charge >= 0.3 is 0 Å². The summed E-state index contributed by atoms with van der Waals surface area (Å²) in [6, 6.07) is 7.19. The SMILES string of the molecule is O=C(CSCc1ccc(Cl)cc1F)Nc1ccc(F)cc1F. The third-order valence-corrected chi connectivity index (χ3v) is 3.93. The van der Waals surface area contributed by atoms with Gasteiger partial charge in [-0.25, -0.2) is 13.2 Å². The summed E-state index contributed by atoms with van der Waals surface area (Å²) in [6.07, 6.45) is 0. The van der Waals surface area contributed by atoms with Crippen LogP contribution in [-0.4, -0.2) is 11.7 Å². The van der Waals surface area contributed by atoms with Gasteiger partial charge in [-0.05, 0) is 29.8 Å². The van der Waals surface area contributed by atoms with Crippen LogP contribution in [0.3, 0.4) is 0 Å². The minimum Gasteiger partial charge on any atom is -0.323 e. The standard InChI is InChI=1S/C15H11ClF3NOS/c16-10-2-1-9(12(18)5-10)7-22-8-15(21)20-14-4-3-11(17)6-13(14)19/h1-6H,7-8H2,(H,20,21). The number of nitrogens with one attached hydrogen (secondary N) is 1. The number of amides is 1. The van der Waals surface area contributed by atoms with Crippen molar-refractivity contribution in [1.82, 2.24) is 0 Å². The average molecular weight is 346 g/mol. The molecule has 0 bridgehead atoms. The summed E-state index contributed by atoms with van der Waals surface area (Å²) < 4.78 is 39.6. The predicted molar refractivity (Wildman–Crippen MR) is 82.6 cm³/mol. The fraction of sp³-hybridized carbons (Fsp3) is 0.133. The highest BCUT2D eigenvalue weighted by atomic mass is 35.5. The summed E-state index contributed by atoms with van der Waals surface area (Å²) in [5.41, 5.74) is 0.333. The topological polar surface area (TPSA) is 29.1 Å². The summed E-state index contributed by atoms with van der Waals surface area (Å²) in [7, 11) is 0. The molecule has 0 saturated heterocycles. The van der Waals surface area contributed by atoms with Gasteiger partial charge in [-0.3, -0.25) is 4.79 Å². The maximum absolute atomic E-state index is 13.5. The predicted octanol–water partition coefficient (Wildman–Crippen LogP) is 4.63. The second-order valence-electron chi connectivity index (χ2n) is 4.40. The molecule has 2 rings (SSSR count). The van der Waals surface area contributed by atoms with E-state index < -0.39 is 23.4 Å². The molecule has 7 heteroatoms. The van der Waals surface area contributed by atoms with E-state index >= 15 is 0 Å². The van der Waals surface area contributed by atoms with E-state index in [1.807, 2.05) is 0 Å². The molecule has 0 radical (unpaired) electrons. The number of rotatable bonds is 5. The Morgan fingerprint density at radius 1 is 1.09 bits per heavy atom. The fourth-order valence-electron chi connectivity index (χ4n) is 1.67. The first-order chi connectivity index (χ1) is 10.5. The summed E-state index contributed by atoms with van der Waals surface area (Å²) in [4.78, 5) is 11.7. The lowest BCUT2D eigenvalue weighted by Gasteiger charge is -2.07. The minimum absolute atomic E-state index is 0.0128. The average Bonchev–Trinajstić information content (AvgIpc) is 2.44. The second kappa shape index (κ2) is 7.56. The van der Waals surface area contributed by atoms with Gasteiger partial charge in [0, 0.05) is 16.8 Å². The summed E-state index contributed by atoms with van der Waals surface area (Å²) >= 11 is 6.82. The number of hydrogen-bond donors (Lipinski definition) is 1.